The Morgan fingerprint density at radius 1 is 0.172 bits per heavy atom. The highest BCUT2D eigenvalue weighted by Crippen LogP contribution is 2.52. The van der Waals surface area contributed by atoms with Gasteiger partial charge in [-0.05, 0) is 270 Å². The molecule has 18 aromatic carbocycles. The number of hydrogen-bond donors (Lipinski definition) is 4. The molecule has 556 valence electrons. The average Bonchev–Trinajstić information content (AvgIpc) is 0.722. The molecule has 0 radical (unpaired) electrons. The first kappa shape index (κ1) is 72.9. The van der Waals surface area contributed by atoms with Crippen molar-refractivity contribution in [2.45, 2.75) is 0 Å². The molecule has 0 aliphatic heterocycles. The van der Waals surface area contributed by atoms with Gasteiger partial charge in [0.15, 0.2) is 0 Å². The van der Waals surface area contributed by atoms with E-state index in [9.17, 15) is 39.6 Å². The number of carboxylic acids is 4. The molecule has 0 atom stereocenters. The number of aromatic carboxylic acids is 4. The van der Waals surface area contributed by atoms with Crippen molar-refractivity contribution in [3.05, 3.63) is 435 Å². The standard InChI is InChI=1S/2C52H36N2O4/c55-51(56)37-17-12-15-35(33-37)48-44-25-10-11-26-45(44)49(36-16-13-18-38(34-36)52(57)58)50-46(48)27-14-28-47(50)54(41-23-8-3-9-24-41)43-31-29-42(30-32-43)53(39-19-4-1-5-20-39)40-21-6-2-7-22-40;55-51(56)37-16-12-14-35(32-37)49-45-24-10-11-25-46(45)50(36-15-13-17-38(33-36)52(57)58)48-34-44(30-31-47(48)49)54(41-22-8-3-9-23-41)43-28-26-42(27-29-43)53(39-18-4-1-5-19-39)40-20-6-2-7-21-40/h2*1-34H,(H,55,56)(H,57,58). The van der Waals surface area contributed by atoms with Gasteiger partial charge in [0.2, 0.25) is 0 Å². The Bertz CT molecular complexity index is 6560. The maximum Gasteiger partial charge on any atom is 0.335 e. The third-order valence-electron chi connectivity index (χ3n) is 20.9. The van der Waals surface area contributed by atoms with Gasteiger partial charge in [-0.2, -0.15) is 0 Å². The Labute approximate surface area is 669 Å². The van der Waals surface area contributed by atoms with Crippen LogP contribution >= 0.6 is 0 Å². The second kappa shape index (κ2) is 32.2. The summed E-state index contributed by atoms with van der Waals surface area (Å²) in [4.78, 5) is 58.0. The van der Waals surface area contributed by atoms with E-state index in [4.69, 9.17) is 0 Å². The zero-order chi connectivity index (χ0) is 79.2. The van der Waals surface area contributed by atoms with Gasteiger partial charge in [-0.15, -0.1) is 0 Å². The Morgan fingerprint density at radius 2 is 0.397 bits per heavy atom. The van der Waals surface area contributed by atoms with Gasteiger partial charge in [0.1, 0.15) is 0 Å². The number of benzene rings is 18. The summed E-state index contributed by atoms with van der Waals surface area (Å²) in [5, 5.41) is 47.4. The lowest BCUT2D eigenvalue weighted by Crippen LogP contribution is -2.12. The summed E-state index contributed by atoms with van der Waals surface area (Å²) in [6, 6.07) is 136. The second-order valence-electron chi connectivity index (χ2n) is 28.0. The maximum absolute atomic E-state index is 12.4. The highest BCUT2D eigenvalue weighted by atomic mass is 16.4. The molecule has 0 aliphatic rings. The molecule has 0 bridgehead atoms. The fraction of sp³-hybridized carbons (Fsp3) is 0. The molecular weight excluding hydrogens is 1430 g/mol. The molecule has 0 saturated heterocycles. The molecule has 12 heteroatoms. The van der Waals surface area contributed by atoms with Crippen LogP contribution in [0.2, 0.25) is 0 Å². The molecule has 0 aromatic heterocycles. The number of anilines is 12. The summed E-state index contributed by atoms with van der Waals surface area (Å²) < 4.78 is 0. The van der Waals surface area contributed by atoms with E-state index in [-0.39, 0.29) is 22.3 Å². The van der Waals surface area contributed by atoms with Gasteiger partial charge in [-0.1, -0.05) is 224 Å². The van der Waals surface area contributed by atoms with Gasteiger partial charge in [-0.25, -0.2) is 19.2 Å². The molecular formula is C104H72N4O8. The minimum absolute atomic E-state index is 0.183. The summed E-state index contributed by atoms with van der Waals surface area (Å²) in [7, 11) is 0. The molecule has 0 saturated carbocycles. The molecule has 0 unspecified atom stereocenters. The van der Waals surface area contributed by atoms with Crippen LogP contribution in [-0.2, 0) is 0 Å². The molecule has 0 aliphatic carbocycles. The van der Waals surface area contributed by atoms with Crippen LogP contribution in [0.4, 0.5) is 68.2 Å². The van der Waals surface area contributed by atoms with E-state index in [1.807, 2.05) is 182 Å². The first-order valence-corrected chi connectivity index (χ1v) is 37.9. The molecule has 0 spiro atoms. The normalized spacial score (nSPS) is 11.0. The van der Waals surface area contributed by atoms with Crippen molar-refractivity contribution < 1.29 is 39.6 Å². The first-order chi connectivity index (χ1) is 56.9. The van der Waals surface area contributed by atoms with Crippen LogP contribution in [0, 0.1) is 0 Å². The number of hydrogen-bond acceptors (Lipinski definition) is 8. The number of carboxylic acid groups (broad SMARTS) is 4. The lowest BCUT2D eigenvalue weighted by Gasteiger charge is -2.30. The van der Waals surface area contributed by atoms with E-state index in [0.717, 1.165) is 156 Å². The Morgan fingerprint density at radius 3 is 0.724 bits per heavy atom. The molecule has 4 N–H and O–H groups in total. The summed E-state index contributed by atoms with van der Waals surface area (Å²) >= 11 is 0. The minimum atomic E-state index is -1.01. The van der Waals surface area contributed by atoms with Crippen LogP contribution in [0.1, 0.15) is 41.4 Å². The van der Waals surface area contributed by atoms with Crippen LogP contribution in [0.3, 0.4) is 0 Å². The van der Waals surface area contributed by atoms with Crippen LogP contribution in [-0.4, -0.2) is 44.3 Å². The smallest absolute Gasteiger partial charge is 0.335 e. The Kier molecular flexibility index (Phi) is 20.2. The Balaban J connectivity index is 0.000000167. The van der Waals surface area contributed by atoms with Gasteiger partial charge >= 0.3 is 23.9 Å². The van der Waals surface area contributed by atoms with Gasteiger partial charge in [0.05, 0.1) is 27.9 Å². The number of para-hydroxylation sites is 6. The monoisotopic (exact) mass is 1500 g/mol. The van der Waals surface area contributed by atoms with Crippen molar-refractivity contribution in [1.29, 1.82) is 0 Å². The summed E-state index contributed by atoms with van der Waals surface area (Å²) in [6.45, 7) is 0. The lowest BCUT2D eigenvalue weighted by atomic mass is 9.84. The zero-order valence-electron chi connectivity index (χ0n) is 62.5. The quantitative estimate of drug-likeness (QED) is 0.0535. The first-order valence-electron chi connectivity index (χ1n) is 37.9. The van der Waals surface area contributed by atoms with Crippen molar-refractivity contribution in [2.75, 3.05) is 19.6 Å². The SMILES string of the molecule is O=C(O)c1cccc(-c2c3ccccc3c(-c3cccc(C(=O)O)c3)c3c(N(c4ccccc4)c4ccc(N(c5ccccc5)c5ccccc5)cc4)cccc23)c1.O=C(O)c1cccc(-c2c3ccccc3c(-c3cccc(C(=O)O)c3)c3cc(N(c4ccccc4)c4ccc(N(c5ccccc5)c5ccccc5)cc4)ccc23)c1. The maximum atomic E-state index is 12.4. The molecule has 18 rings (SSSR count). The van der Waals surface area contributed by atoms with Crippen molar-refractivity contribution in [1.82, 2.24) is 0 Å². The molecule has 0 amide bonds. The fourth-order valence-electron chi connectivity index (χ4n) is 15.9. The summed E-state index contributed by atoms with van der Waals surface area (Å²) in [6.07, 6.45) is 0. The van der Waals surface area contributed by atoms with Gasteiger partial charge in [-0.3, -0.25) is 0 Å². The molecule has 0 fully saturated rings. The summed E-state index contributed by atoms with van der Waals surface area (Å²) in [5.74, 6) is -4.02. The zero-order valence-corrected chi connectivity index (χ0v) is 62.5. The Hall–Kier alpha value is -15.9. The highest BCUT2D eigenvalue weighted by Gasteiger charge is 2.27. The molecule has 0 heterocycles. The topological polar surface area (TPSA) is 162 Å². The third kappa shape index (κ3) is 14.4. The van der Waals surface area contributed by atoms with E-state index in [1.54, 1.807) is 72.8 Å². The van der Waals surface area contributed by atoms with Gasteiger partial charge < -0.3 is 40.0 Å². The molecule has 12 nitrogen and oxygen atoms in total. The van der Waals surface area contributed by atoms with Crippen LogP contribution in [0.5, 0.6) is 0 Å². The van der Waals surface area contributed by atoms with Gasteiger partial charge in [0.25, 0.3) is 0 Å². The molecule has 116 heavy (non-hydrogen) atoms. The van der Waals surface area contributed by atoms with E-state index < -0.39 is 23.9 Å². The average molecular weight is 1510 g/mol. The van der Waals surface area contributed by atoms with Crippen LogP contribution < -0.4 is 19.6 Å². The fourth-order valence-corrected chi connectivity index (χ4v) is 15.9. The van der Waals surface area contributed by atoms with Crippen LogP contribution in [0.25, 0.3) is 87.6 Å². The van der Waals surface area contributed by atoms with E-state index in [2.05, 4.69) is 177 Å². The van der Waals surface area contributed by atoms with E-state index in [0.29, 0.717) is 0 Å². The second-order valence-corrected chi connectivity index (χ2v) is 28.0. The van der Waals surface area contributed by atoms with Crippen molar-refractivity contribution >= 4 is 135 Å². The van der Waals surface area contributed by atoms with Crippen molar-refractivity contribution in [3.8, 4) is 44.5 Å². The predicted molar refractivity (Wildman–Crippen MR) is 471 cm³/mol. The third-order valence-corrected chi connectivity index (χ3v) is 20.9. The number of carbonyl (C=O) groups is 4. The number of nitrogens with zero attached hydrogens (tertiary/aromatic N) is 4. The van der Waals surface area contributed by atoms with E-state index in [1.165, 1.54) is 0 Å². The van der Waals surface area contributed by atoms with E-state index >= 15 is 0 Å². The van der Waals surface area contributed by atoms with Crippen LogP contribution in [0.15, 0.2) is 413 Å². The lowest BCUT2D eigenvalue weighted by molar-refractivity contribution is 0.0686. The number of rotatable bonds is 20. The highest BCUT2D eigenvalue weighted by molar-refractivity contribution is 6.26. The minimum Gasteiger partial charge on any atom is -0.478 e. The van der Waals surface area contributed by atoms with Crippen molar-refractivity contribution in [2.24, 2.45) is 0 Å². The predicted octanol–water partition coefficient (Wildman–Crippen LogP) is 27.3. The van der Waals surface area contributed by atoms with Gasteiger partial charge in [0, 0.05) is 67.9 Å². The summed E-state index contributed by atoms with van der Waals surface area (Å²) in [5.41, 5.74) is 19.0. The largest absolute Gasteiger partial charge is 0.478 e. The molecule has 18 aromatic rings. The van der Waals surface area contributed by atoms with Crippen molar-refractivity contribution in [3.63, 3.8) is 0 Å². The number of fused-ring (bicyclic) bond motifs is 4.